The monoisotopic (exact) mass is 297 g/mol. The Morgan fingerprint density at radius 2 is 1.94 bits per heavy atom. The molecule has 0 aliphatic carbocycles. The zero-order chi connectivity index (χ0) is 14.0. The lowest BCUT2D eigenvalue weighted by Gasteiger charge is -2.23. The summed E-state index contributed by atoms with van der Waals surface area (Å²) in [5, 5.41) is 6.50. The van der Waals surface area contributed by atoms with E-state index in [1.165, 1.54) is 0 Å². The first-order valence-corrected chi connectivity index (χ1v) is 9.03. The molecule has 0 spiro atoms. The smallest absolute Gasteiger partial charge is 0.214 e. The highest BCUT2D eigenvalue weighted by atomic mass is 32.2. The minimum atomic E-state index is -3.53. The van der Waals surface area contributed by atoms with Gasteiger partial charge in [-0.15, -0.1) is 0 Å². The van der Waals surface area contributed by atoms with E-state index in [1.54, 1.807) is 6.92 Å². The highest BCUT2D eigenvalue weighted by Gasteiger charge is 2.32. The molecule has 1 fully saturated rings. The van der Waals surface area contributed by atoms with Gasteiger partial charge in [-0.1, -0.05) is 6.92 Å². The number of nitrogens with one attached hydrogen (secondary N) is 2. The number of sulfonamides is 1. The number of sulfone groups is 1. The predicted molar refractivity (Wildman–Crippen MR) is 69.7 cm³/mol. The van der Waals surface area contributed by atoms with Gasteiger partial charge in [-0.25, -0.2) is 21.6 Å². The molecule has 1 atom stereocenters. The predicted octanol–water partition coefficient (Wildman–Crippen LogP) is -0.945. The van der Waals surface area contributed by atoms with Crippen LogP contribution >= 0.6 is 0 Å². The number of nitrogens with two attached hydrogens (primary N) is 1. The molecule has 4 N–H and O–H groups in total. The van der Waals surface area contributed by atoms with Gasteiger partial charge in [0, 0.05) is 12.5 Å². The first kappa shape index (κ1) is 15.4. The van der Waals surface area contributed by atoms with Gasteiger partial charge in [0.25, 0.3) is 0 Å². The van der Waals surface area contributed by atoms with Crippen LogP contribution in [0.5, 0.6) is 0 Å². The van der Waals surface area contributed by atoms with Crippen molar-refractivity contribution in [3.63, 3.8) is 0 Å². The summed E-state index contributed by atoms with van der Waals surface area (Å²) < 4.78 is 48.6. The second kappa shape index (κ2) is 5.54. The van der Waals surface area contributed by atoms with Crippen LogP contribution in [0.2, 0.25) is 0 Å². The van der Waals surface area contributed by atoms with E-state index in [1.807, 2.05) is 0 Å². The Kier molecular flexibility index (Phi) is 4.73. The molecule has 0 aromatic carbocycles. The zero-order valence-electron chi connectivity index (χ0n) is 10.2. The second-order valence-electron chi connectivity index (χ2n) is 4.60. The topological polar surface area (TPSA) is 130 Å². The fourth-order valence-electron chi connectivity index (χ4n) is 1.65. The van der Waals surface area contributed by atoms with E-state index in [0.717, 1.165) is 0 Å². The third-order valence-electron chi connectivity index (χ3n) is 3.06. The van der Waals surface area contributed by atoms with Crippen LogP contribution in [-0.2, 0) is 19.9 Å². The average Bonchev–Trinajstić information content (AvgIpc) is 2.25. The van der Waals surface area contributed by atoms with Crippen LogP contribution in [0.1, 0.15) is 19.8 Å². The fourth-order valence-corrected chi connectivity index (χ4v) is 5.01. The van der Waals surface area contributed by atoms with Crippen molar-refractivity contribution in [3.8, 4) is 0 Å². The Bertz CT molecular complexity index is 498. The summed E-state index contributed by atoms with van der Waals surface area (Å²) in [6.45, 7) is 1.72. The van der Waals surface area contributed by atoms with Crippen LogP contribution in [0, 0.1) is 11.3 Å². The van der Waals surface area contributed by atoms with E-state index in [4.69, 9.17) is 11.1 Å². The van der Waals surface area contributed by atoms with Gasteiger partial charge in [-0.3, -0.25) is 5.41 Å². The summed E-state index contributed by atoms with van der Waals surface area (Å²) in [4.78, 5) is 0. The van der Waals surface area contributed by atoms with Crippen LogP contribution in [0.15, 0.2) is 0 Å². The summed E-state index contributed by atoms with van der Waals surface area (Å²) in [6, 6.07) is 0. The lowest BCUT2D eigenvalue weighted by molar-refractivity contribution is 0.538. The van der Waals surface area contributed by atoms with Crippen LogP contribution in [0.4, 0.5) is 0 Å². The number of amidine groups is 1. The molecule has 7 nitrogen and oxygen atoms in total. The molecule has 0 radical (unpaired) electrons. The molecular weight excluding hydrogens is 278 g/mol. The minimum Gasteiger partial charge on any atom is -0.387 e. The normalized spacial score (nSPS) is 22.5. The molecule has 0 aromatic rings. The Morgan fingerprint density at radius 3 is 2.39 bits per heavy atom. The summed E-state index contributed by atoms with van der Waals surface area (Å²) in [7, 11) is -6.60. The summed E-state index contributed by atoms with van der Waals surface area (Å²) in [6.07, 6.45) is 0.262. The van der Waals surface area contributed by atoms with E-state index in [0.29, 0.717) is 0 Å². The highest BCUT2D eigenvalue weighted by Crippen LogP contribution is 2.18. The van der Waals surface area contributed by atoms with Gasteiger partial charge in [0.2, 0.25) is 10.0 Å². The molecule has 9 heteroatoms. The van der Waals surface area contributed by atoms with Gasteiger partial charge in [0.05, 0.1) is 22.6 Å². The summed E-state index contributed by atoms with van der Waals surface area (Å²) in [5.41, 5.74) is 5.25. The maximum Gasteiger partial charge on any atom is 0.214 e. The Hall–Kier alpha value is -0.670. The standard InChI is InChI=1S/C9H19N3O4S2/c1-7(9(10)11)6-12-18(15,16)8-2-4-17(13,14)5-3-8/h7-8,12H,2-6H2,1H3,(H3,10,11). The van der Waals surface area contributed by atoms with Gasteiger partial charge in [0.15, 0.2) is 0 Å². The van der Waals surface area contributed by atoms with Crippen molar-refractivity contribution >= 4 is 25.7 Å². The number of rotatable bonds is 5. The number of hydrogen-bond donors (Lipinski definition) is 3. The van der Waals surface area contributed by atoms with E-state index in [2.05, 4.69) is 4.72 Å². The molecule has 1 saturated heterocycles. The van der Waals surface area contributed by atoms with Gasteiger partial charge in [0.1, 0.15) is 9.84 Å². The van der Waals surface area contributed by atoms with Crippen molar-refractivity contribution in [2.75, 3.05) is 18.1 Å². The Balaban J connectivity index is 2.58. The van der Waals surface area contributed by atoms with Gasteiger partial charge in [-0.05, 0) is 12.8 Å². The molecule has 1 aliphatic rings. The van der Waals surface area contributed by atoms with Crippen LogP contribution in [-0.4, -0.2) is 46.0 Å². The van der Waals surface area contributed by atoms with Crippen molar-refractivity contribution in [3.05, 3.63) is 0 Å². The molecule has 0 amide bonds. The van der Waals surface area contributed by atoms with Crippen molar-refractivity contribution in [2.45, 2.75) is 25.0 Å². The lowest BCUT2D eigenvalue weighted by atomic mass is 10.2. The Morgan fingerprint density at radius 1 is 1.44 bits per heavy atom. The molecule has 0 saturated carbocycles. The Labute approximate surface area is 108 Å². The molecular formula is C9H19N3O4S2. The SMILES string of the molecule is CC(CNS(=O)(=O)C1CCS(=O)(=O)CC1)C(=N)N. The minimum absolute atomic E-state index is 0.0704. The maximum atomic E-state index is 11.9. The molecule has 1 heterocycles. The van der Waals surface area contributed by atoms with Crippen LogP contribution < -0.4 is 10.5 Å². The zero-order valence-corrected chi connectivity index (χ0v) is 11.9. The summed E-state index contributed by atoms with van der Waals surface area (Å²) >= 11 is 0. The number of hydrogen-bond acceptors (Lipinski definition) is 5. The molecule has 0 aromatic heterocycles. The third kappa shape index (κ3) is 4.21. The van der Waals surface area contributed by atoms with Gasteiger partial charge < -0.3 is 5.73 Å². The van der Waals surface area contributed by atoms with E-state index < -0.39 is 25.1 Å². The molecule has 18 heavy (non-hydrogen) atoms. The van der Waals surface area contributed by atoms with Crippen molar-refractivity contribution in [1.82, 2.24) is 4.72 Å². The highest BCUT2D eigenvalue weighted by molar-refractivity contribution is 7.92. The first-order chi connectivity index (χ1) is 8.14. The largest absolute Gasteiger partial charge is 0.387 e. The first-order valence-electron chi connectivity index (χ1n) is 5.67. The average molecular weight is 297 g/mol. The van der Waals surface area contributed by atoms with Crippen molar-refractivity contribution in [1.29, 1.82) is 5.41 Å². The third-order valence-corrected chi connectivity index (χ3v) is 6.70. The second-order valence-corrected chi connectivity index (χ2v) is 8.95. The van der Waals surface area contributed by atoms with Gasteiger partial charge in [-0.2, -0.15) is 0 Å². The van der Waals surface area contributed by atoms with E-state index in [9.17, 15) is 16.8 Å². The molecule has 1 aliphatic heterocycles. The van der Waals surface area contributed by atoms with Crippen LogP contribution in [0.3, 0.4) is 0 Å². The van der Waals surface area contributed by atoms with E-state index in [-0.39, 0.29) is 42.6 Å². The molecule has 106 valence electrons. The fraction of sp³-hybridized carbons (Fsp3) is 0.889. The van der Waals surface area contributed by atoms with Crippen LogP contribution in [0.25, 0.3) is 0 Å². The summed E-state index contributed by atoms with van der Waals surface area (Å²) in [5.74, 6) is -0.613. The van der Waals surface area contributed by atoms with E-state index >= 15 is 0 Å². The molecule has 1 rings (SSSR count). The maximum absolute atomic E-state index is 11.9. The molecule has 0 bridgehead atoms. The molecule has 1 unspecified atom stereocenters. The lowest BCUT2D eigenvalue weighted by Crippen LogP contribution is -2.42. The van der Waals surface area contributed by atoms with Crippen molar-refractivity contribution < 1.29 is 16.8 Å². The van der Waals surface area contributed by atoms with Crippen molar-refractivity contribution in [2.24, 2.45) is 11.7 Å². The quantitative estimate of drug-likeness (QED) is 0.445. The van der Waals surface area contributed by atoms with Gasteiger partial charge >= 0.3 is 0 Å².